The van der Waals surface area contributed by atoms with E-state index in [9.17, 15) is 4.79 Å². The second kappa shape index (κ2) is 7.24. The van der Waals surface area contributed by atoms with Crippen molar-refractivity contribution < 1.29 is 9.15 Å². The van der Waals surface area contributed by atoms with E-state index >= 15 is 0 Å². The van der Waals surface area contributed by atoms with Crippen molar-refractivity contribution in [2.24, 2.45) is 0 Å². The summed E-state index contributed by atoms with van der Waals surface area (Å²) in [6.07, 6.45) is 1.02. The van der Waals surface area contributed by atoms with E-state index in [4.69, 9.17) is 9.15 Å². The van der Waals surface area contributed by atoms with Crippen LogP contribution in [0.4, 0.5) is 0 Å². The number of rotatable bonds is 7. The van der Waals surface area contributed by atoms with E-state index in [-0.39, 0.29) is 5.63 Å². The fourth-order valence-electron chi connectivity index (χ4n) is 2.23. The Morgan fingerprint density at radius 2 is 2.05 bits per heavy atom. The summed E-state index contributed by atoms with van der Waals surface area (Å²) in [6, 6.07) is 13.0. The minimum absolute atomic E-state index is 0.389. The molecule has 0 amide bonds. The van der Waals surface area contributed by atoms with Crippen LogP contribution in [0, 0.1) is 0 Å². The molecule has 2 heterocycles. The zero-order valence-corrected chi connectivity index (χ0v) is 12.9. The number of thiophene rings is 1. The van der Waals surface area contributed by atoms with E-state index in [2.05, 4.69) is 22.8 Å². The molecule has 5 heteroatoms. The minimum Gasteiger partial charge on any atom is -0.491 e. The molecule has 0 spiro atoms. The molecule has 0 saturated carbocycles. The first kappa shape index (κ1) is 14.8. The van der Waals surface area contributed by atoms with Gasteiger partial charge in [0.15, 0.2) is 0 Å². The molecular weight excluding hydrogens is 298 g/mol. The van der Waals surface area contributed by atoms with Gasteiger partial charge in [0, 0.05) is 18.0 Å². The van der Waals surface area contributed by atoms with Gasteiger partial charge in [-0.15, -0.1) is 11.3 Å². The van der Waals surface area contributed by atoms with Crippen LogP contribution in [0.25, 0.3) is 11.0 Å². The van der Waals surface area contributed by atoms with Crippen LogP contribution in [-0.2, 0) is 6.42 Å². The van der Waals surface area contributed by atoms with Crippen LogP contribution in [0.15, 0.2) is 57.1 Å². The van der Waals surface area contributed by atoms with E-state index in [1.807, 2.05) is 18.2 Å². The summed E-state index contributed by atoms with van der Waals surface area (Å²) >= 11 is 1.77. The fourth-order valence-corrected chi connectivity index (χ4v) is 2.93. The molecule has 3 rings (SSSR count). The van der Waals surface area contributed by atoms with Gasteiger partial charge in [-0.05, 0) is 30.0 Å². The highest BCUT2D eigenvalue weighted by Crippen LogP contribution is 2.22. The van der Waals surface area contributed by atoms with E-state index in [1.165, 1.54) is 10.9 Å². The Hall–Kier alpha value is -2.11. The number of nitrogens with one attached hydrogen (secondary N) is 1. The van der Waals surface area contributed by atoms with Gasteiger partial charge in [-0.3, -0.25) is 0 Å². The monoisotopic (exact) mass is 315 g/mol. The lowest BCUT2D eigenvalue weighted by Gasteiger charge is -2.09. The first-order valence-electron chi connectivity index (χ1n) is 7.22. The zero-order chi connectivity index (χ0) is 15.2. The van der Waals surface area contributed by atoms with Crippen LogP contribution in [0.1, 0.15) is 4.88 Å². The Morgan fingerprint density at radius 3 is 2.91 bits per heavy atom. The zero-order valence-electron chi connectivity index (χ0n) is 12.1. The van der Waals surface area contributed by atoms with Crippen LogP contribution in [0.5, 0.6) is 5.75 Å². The summed E-state index contributed by atoms with van der Waals surface area (Å²) in [7, 11) is 0. The highest BCUT2D eigenvalue weighted by atomic mass is 32.1. The standard InChI is InChI=1S/C17H17NO3S/c19-17-12-16(14-5-1-2-6-15(14)21-17)20-10-9-18-8-7-13-4-3-11-22-13/h1-6,11-12,18H,7-10H2. The normalized spacial score (nSPS) is 10.9. The lowest BCUT2D eigenvalue weighted by Crippen LogP contribution is -2.23. The van der Waals surface area contributed by atoms with Crippen molar-refractivity contribution in [3.63, 3.8) is 0 Å². The molecule has 0 atom stereocenters. The Balaban J connectivity index is 1.50. The molecule has 2 aromatic heterocycles. The average Bonchev–Trinajstić information content (AvgIpc) is 3.03. The largest absolute Gasteiger partial charge is 0.491 e. The maximum absolute atomic E-state index is 11.5. The summed E-state index contributed by atoms with van der Waals surface area (Å²) in [5, 5.41) is 6.24. The van der Waals surface area contributed by atoms with Crippen molar-refractivity contribution in [3.05, 3.63) is 63.1 Å². The van der Waals surface area contributed by atoms with Crippen LogP contribution in [0.3, 0.4) is 0 Å². The van der Waals surface area contributed by atoms with Crippen LogP contribution in [-0.4, -0.2) is 19.7 Å². The van der Waals surface area contributed by atoms with Gasteiger partial charge in [0.25, 0.3) is 0 Å². The van der Waals surface area contributed by atoms with Crippen LogP contribution >= 0.6 is 11.3 Å². The second-order valence-electron chi connectivity index (χ2n) is 4.85. The lowest BCUT2D eigenvalue weighted by molar-refractivity contribution is 0.315. The highest BCUT2D eigenvalue weighted by molar-refractivity contribution is 7.09. The summed E-state index contributed by atoms with van der Waals surface area (Å²) < 4.78 is 10.9. The number of ether oxygens (including phenoxy) is 1. The third-order valence-electron chi connectivity index (χ3n) is 3.28. The molecule has 4 nitrogen and oxygen atoms in total. The molecule has 1 aromatic carbocycles. The van der Waals surface area contributed by atoms with Crippen molar-refractivity contribution in [2.45, 2.75) is 6.42 Å². The van der Waals surface area contributed by atoms with Crippen molar-refractivity contribution in [1.82, 2.24) is 5.32 Å². The molecule has 0 unspecified atom stereocenters. The van der Waals surface area contributed by atoms with Gasteiger partial charge in [0.2, 0.25) is 0 Å². The molecule has 114 valence electrons. The van der Waals surface area contributed by atoms with E-state index in [1.54, 1.807) is 17.4 Å². The molecular formula is C17H17NO3S. The Kier molecular flexibility index (Phi) is 4.88. The maximum atomic E-state index is 11.5. The van der Waals surface area contributed by atoms with Gasteiger partial charge in [-0.1, -0.05) is 18.2 Å². The van der Waals surface area contributed by atoms with Gasteiger partial charge >= 0.3 is 5.63 Å². The van der Waals surface area contributed by atoms with Crippen molar-refractivity contribution in [1.29, 1.82) is 0 Å². The smallest absolute Gasteiger partial charge is 0.339 e. The molecule has 0 aliphatic rings. The molecule has 0 aliphatic carbocycles. The van der Waals surface area contributed by atoms with Gasteiger partial charge in [-0.25, -0.2) is 4.79 Å². The van der Waals surface area contributed by atoms with Crippen LogP contribution < -0.4 is 15.7 Å². The SMILES string of the molecule is O=c1cc(OCCNCCc2cccs2)c2ccccc2o1. The number of hydrogen-bond acceptors (Lipinski definition) is 5. The Labute approximate surface area is 132 Å². The summed E-state index contributed by atoms with van der Waals surface area (Å²) in [6.45, 7) is 2.17. The molecule has 0 aliphatic heterocycles. The third kappa shape index (κ3) is 3.75. The highest BCUT2D eigenvalue weighted by Gasteiger charge is 2.05. The molecule has 0 saturated heterocycles. The van der Waals surface area contributed by atoms with Crippen molar-refractivity contribution in [3.8, 4) is 5.75 Å². The summed E-state index contributed by atoms with van der Waals surface area (Å²) in [5.74, 6) is 0.576. The first-order valence-corrected chi connectivity index (χ1v) is 8.10. The van der Waals surface area contributed by atoms with E-state index < -0.39 is 0 Å². The molecule has 22 heavy (non-hydrogen) atoms. The quantitative estimate of drug-likeness (QED) is 0.538. The van der Waals surface area contributed by atoms with Gasteiger partial charge in [-0.2, -0.15) is 0 Å². The second-order valence-corrected chi connectivity index (χ2v) is 5.89. The van der Waals surface area contributed by atoms with Crippen molar-refractivity contribution >= 4 is 22.3 Å². The third-order valence-corrected chi connectivity index (χ3v) is 4.21. The van der Waals surface area contributed by atoms with Crippen molar-refractivity contribution in [2.75, 3.05) is 19.7 Å². The number of para-hydroxylation sites is 1. The molecule has 0 bridgehead atoms. The van der Waals surface area contributed by atoms with Gasteiger partial charge in [0.05, 0.1) is 11.5 Å². The first-order chi connectivity index (χ1) is 10.8. The molecule has 0 radical (unpaired) electrons. The maximum Gasteiger partial charge on any atom is 0.339 e. The fraction of sp³-hybridized carbons (Fsp3) is 0.235. The van der Waals surface area contributed by atoms with Crippen LogP contribution in [0.2, 0.25) is 0 Å². The topological polar surface area (TPSA) is 51.5 Å². The summed E-state index contributed by atoms with van der Waals surface area (Å²) in [5.41, 5.74) is 0.162. The molecule has 3 aromatic rings. The lowest BCUT2D eigenvalue weighted by atomic mass is 10.2. The minimum atomic E-state index is -0.389. The number of hydrogen-bond donors (Lipinski definition) is 1. The summed E-state index contributed by atoms with van der Waals surface area (Å²) in [4.78, 5) is 12.9. The average molecular weight is 315 g/mol. The predicted octanol–water partition coefficient (Wildman–Crippen LogP) is 3.07. The Bertz CT molecular complexity index is 780. The van der Waals surface area contributed by atoms with E-state index in [0.717, 1.165) is 24.9 Å². The molecule has 0 fully saturated rings. The number of fused-ring (bicyclic) bond motifs is 1. The molecule has 1 N–H and O–H groups in total. The van der Waals surface area contributed by atoms with Gasteiger partial charge < -0.3 is 14.5 Å². The Morgan fingerprint density at radius 1 is 1.14 bits per heavy atom. The number of benzene rings is 1. The van der Waals surface area contributed by atoms with E-state index in [0.29, 0.717) is 17.9 Å². The van der Waals surface area contributed by atoms with Gasteiger partial charge in [0.1, 0.15) is 17.9 Å². The predicted molar refractivity (Wildman–Crippen MR) is 88.9 cm³/mol.